The number of carbonyl (C=O) groups is 1. The average molecular weight is 267 g/mol. The summed E-state index contributed by atoms with van der Waals surface area (Å²) < 4.78 is 24.4. The van der Waals surface area contributed by atoms with Gasteiger partial charge < -0.3 is 11.1 Å². The highest BCUT2D eigenvalue weighted by Crippen LogP contribution is 2.01. The summed E-state index contributed by atoms with van der Waals surface area (Å²) in [6, 6.07) is 0. The molecule has 0 aromatic carbocycles. The van der Waals surface area contributed by atoms with Crippen molar-refractivity contribution < 1.29 is 13.2 Å². The number of hydrogen-bond donors (Lipinski definition) is 3. The molecule has 0 unspecified atom stereocenters. The molecule has 4 N–H and O–H groups in total. The lowest BCUT2D eigenvalue weighted by molar-refractivity contribution is -0.120. The Balaban J connectivity index is 4.19. The van der Waals surface area contributed by atoms with E-state index in [0.29, 0.717) is 0 Å². The van der Waals surface area contributed by atoms with Crippen molar-refractivity contribution in [1.82, 2.24) is 10.0 Å². The van der Waals surface area contributed by atoms with Gasteiger partial charge in [-0.15, -0.1) is 0 Å². The van der Waals surface area contributed by atoms with Crippen molar-refractivity contribution in [2.75, 3.05) is 12.8 Å². The first kappa shape index (κ1) is 15.3. The normalized spacial score (nSPS) is 12.2. The topological polar surface area (TPSA) is 101 Å². The van der Waals surface area contributed by atoms with Crippen molar-refractivity contribution >= 4 is 33.1 Å². The van der Waals surface area contributed by atoms with E-state index in [0.717, 1.165) is 6.26 Å². The Morgan fingerprint density at radius 2 is 1.94 bits per heavy atom. The van der Waals surface area contributed by atoms with Gasteiger partial charge in [-0.3, -0.25) is 4.79 Å². The molecule has 1 amide bonds. The van der Waals surface area contributed by atoms with Crippen molar-refractivity contribution in [3.63, 3.8) is 0 Å². The third-order valence-electron chi connectivity index (χ3n) is 1.52. The zero-order chi connectivity index (χ0) is 13.0. The number of nitrogens with two attached hydrogens (primary N) is 1. The number of rotatable bonds is 6. The third-order valence-corrected chi connectivity index (χ3v) is 2.59. The lowest BCUT2D eigenvalue weighted by Crippen LogP contribution is -2.51. The summed E-state index contributed by atoms with van der Waals surface area (Å²) in [5, 5.41) is 2.54. The average Bonchev–Trinajstić information content (AvgIpc) is 1.95. The molecule has 0 radical (unpaired) electrons. The predicted octanol–water partition coefficient (Wildman–Crippen LogP) is -0.893. The zero-order valence-corrected chi connectivity index (χ0v) is 11.2. The molecule has 0 aliphatic rings. The second-order valence-electron chi connectivity index (χ2n) is 4.18. The van der Waals surface area contributed by atoms with Crippen LogP contribution in [0, 0.1) is 0 Å². The molecule has 0 saturated heterocycles. The Bertz CT molecular complexity index is 376. The highest BCUT2D eigenvalue weighted by molar-refractivity contribution is 7.88. The van der Waals surface area contributed by atoms with E-state index >= 15 is 0 Å². The van der Waals surface area contributed by atoms with Crippen LogP contribution in [0.4, 0.5) is 0 Å². The van der Waals surface area contributed by atoms with Crippen LogP contribution >= 0.6 is 12.2 Å². The summed E-state index contributed by atoms with van der Waals surface area (Å²) in [5.74, 6) is -0.323. The number of nitrogens with one attached hydrogen (secondary N) is 2. The second-order valence-corrected chi connectivity index (χ2v) is 6.45. The fraction of sp³-hybridized carbons (Fsp3) is 0.750. The van der Waals surface area contributed by atoms with Crippen LogP contribution in [-0.2, 0) is 14.8 Å². The molecule has 0 fully saturated rings. The smallest absolute Gasteiger partial charge is 0.226 e. The standard InChI is InChI=1S/C8H17N3O3S2/c1-8(2,11-16(3,13)14)5-10-7(12)4-6(9)15/h11H,4-5H2,1-3H3,(H2,9,15)(H,10,12). The van der Waals surface area contributed by atoms with Gasteiger partial charge in [0.25, 0.3) is 0 Å². The monoisotopic (exact) mass is 267 g/mol. The fourth-order valence-electron chi connectivity index (χ4n) is 1.08. The SMILES string of the molecule is CC(C)(CNC(=O)CC(N)=S)NS(C)(=O)=O. The van der Waals surface area contributed by atoms with Crippen molar-refractivity contribution in [2.45, 2.75) is 25.8 Å². The van der Waals surface area contributed by atoms with Crippen LogP contribution in [0.25, 0.3) is 0 Å². The van der Waals surface area contributed by atoms with Gasteiger partial charge in [-0.05, 0) is 13.8 Å². The van der Waals surface area contributed by atoms with Crippen LogP contribution in [0.2, 0.25) is 0 Å². The maximum atomic E-state index is 11.2. The van der Waals surface area contributed by atoms with Gasteiger partial charge in [0.2, 0.25) is 15.9 Å². The molecule has 16 heavy (non-hydrogen) atoms. The van der Waals surface area contributed by atoms with Crippen LogP contribution in [0.1, 0.15) is 20.3 Å². The number of amides is 1. The Morgan fingerprint density at radius 1 is 1.44 bits per heavy atom. The molecule has 0 spiro atoms. The fourth-order valence-corrected chi connectivity index (χ4v) is 2.29. The van der Waals surface area contributed by atoms with Crippen LogP contribution in [0.3, 0.4) is 0 Å². The van der Waals surface area contributed by atoms with E-state index in [1.54, 1.807) is 13.8 Å². The van der Waals surface area contributed by atoms with Gasteiger partial charge in [-0.1, -0.05) is 12.2 Å². The predicted molar refractivity (Wildman–Crippen MR) is 66.5 cm³/mol. The Morgan fingerprint density at radius 3 is 2.31 bits per heavy atom. The summed E-state index contributed by atoms with van der Waals surface area (Å²) in [5.41, 5.74) is 4.44. The first-order chi connectivity index (χ1) is 7.02. The van der Waals surface area contributed by atoms with E-state index in [1.807, 2.05) is 0 Å². The van der Waals surface area contributed by atoms with Gasteiger partial charge >= 0.3 is 0 Å². The first-order valence-electron chi connectivity index (χ1n) is 4.56. The van der Waals surface area contributed by atoms with Crippen molar-refractivity contribution in [3.05, 3.63) is 0 Å². The van der Waals surface area contributed by atoms with Gasteiger partial charge in [0, 0.05) is 12.1 Å². The van der Waals surface area contributed by atoms with Gasteiger partial charge in [-0.25, -0.2) is 13.1 Å². The maximum Gasteiger partial charge on any atom is 0.226 e. The molecular weight excluding hydrogens is 250 g/mol. The third kappa shape index (κ3) is 8.57. The van der Waals surface area contributed by atoms with Crippen molar-refractivity contribution in [2.24, 2.45) is 5.73 Å². The molecule has 0 aromatic rings. The molecule has 94 valence electrons. The number of thiocarbonyl (C=S) groups is 1. The lowest BCUT2D eigenvalue weighted by Gasteiger charge is -2.25. The minimum atomic E-state index is -3.30. The maximum absolute atomic E-state index is 11.2. The number of carbonyl (C=O) groups excluding carboxylic acids is 1. The molecule has 0 aliphatic heterocycles. The van der Waals surface area contributed by atoms with Gasteiger partial charge in [0.15, 0.2) is 0 Å². The largest absolute Gasteiger partial charge is 0.393 e. The van der Waals surface area contributed by atoms with E-state index in [2.05, 4.69) is 22.3 Å². The molecule has 0 aromatic heterocycles. The number of sulfonamides is 1. The van der Waals surface area contributed by atoms with E-state index in [1.165, 1.54) is 0 Å². The van der Waals surface area contributed by atoms with E-state index in [9.17, 15) is 13.2 Å². The molecule has 0 rings (SSSR count). The summed E-state index contributed by atoms with van der Waals surface area (Å²) in [4.78, 5) is 11.3. The molecule has 0 heterocycles. The Hall–Kier alpha value is -0.730. The molecule has 0 saturated carbocycles. The molecule has 6 nitrogen and oxygen atoms in total. The van der Waals surface area contributed by atoms with Gasteiger partial charge in [0.1, 0.15) is 0 Å². The second kappa shape index (κ2) is 5.55. The minimum Gasteiger partial charge on any atom is -0.393 e. The molecular formula is C8H17N3O3S2. The van der Waals surface area contributed by atoms with Gasteiger partial charge in [0.05, 0.1) is 17.7 Å². The van der Waals surface area contributed by atoms with Crippen LogP contribution in [0.15, 0.2) is 0 Å². The summed E-state index contributed by atoms with van der Waals surface area (Å²) in [6.07, 6.45) is 1.02. The summed E-state index contributed by atoms with van der Waals surface area (Å²) in [7, 11) is -3.30. The molecule has 0 atom stereocenters. The summed E-state index contributed by atoms with van der Waals surface area (Å²) >= 11 is 4.57. The van der Waals surface area contributed by atoms with E-state index in [-0.39, 0.29) is 23.9 Å². The quantitative estimate of drug-likeness (QED) is 0.542. The minimum absolute atomic E-state index is 0.0374. The summed E-state index contributed by atoms with van der Waals surface area (Å²) in [6.45, 7) is 3.49. The Kier molecular flexibility index (Phi) is 5.30. The number of hydrogen-bond acceptors (Lipinski definition) is 4. The van der Waals surface area contributed by atoms with E-state index in [4.69, 9.17) is 5.73 Å². The molecule has 0 aliphatic carbocycles. The highest BCUT2D eigenvalue weighted by atomic mass is 32.2. The Labute approximate surface area is 101 Å². The molecule has 8 heteroatoms. The van der Waals surface area contributed by atoms with Gasteiger partial charge in [-0.2, -0.15) is 0 Å². The van der Waals surface area contributed by atoms with Crippen LogP contribution in [-0.4, -0.2) is 37.7 Å². The highest BCUT2D eigenvalue weighted by Gasteiger charge is 2.22. The lowest BCUT2D eigenvalue weighted by atomic mass is 10.1. The van der Waals surface area contributed by atoms with Crippen molar-refractivity contribution in [3.8, 4) is 0 Å². The zero-order valence-electron chi connectivity index (χ0n) is 9.53. The van der Waals surface area contributed by atoms with Crippen molar-refractivity contribution in [1.29, 1.82) is 0 Å². The van der Waals surface area contributed by atoms with Crippen LogP contribution < -0.4 is 15.8 Å². The first-order valence-corrected chi connectivity index (χ1v) is 6.86. The molecule has 0 bridgehead atoms. The van der Waals surface area contributed by atoms with Crippen LogP contribution in [0.5, 0.6) is 0 Å². The van der Waals surface area contributed by atoms with E-state index < -0.39 is 15.6 Å².